The lowest BCUT2D eigenvalue weighted by atomic mass is 10.2. The van der Waals surface area contributed by atoms with Gasteiger partial charge in [0.25, 0.3) is 15.9 Å². The summed E-state index contributed by atoms with van der Waals surface area (Å²) in [6, 6.07) is 7.20. The van der Waals surface area contributed by atoms with Crippen molar-refractivity contribution < 1.29 is 13.2 Å². The van der Waals surface area contributed by atoms with Crippen LogP contribution in [-0.2, 0) is 17.1 Å². The van der Waals surface area contributed by atoms with Crippen LogP contribution in [0.25, 0.3) is 0 Å². The molecule has 0 saturated carbocycles. The van der Waals surface area contributed by atoms with Crippen molar-refractivity contribution in [3.8, 4) is 0 Å². The SMILES string of the molecule is Cc1ccccc1NS(=O)(=O)c1c(C(=O)N2CCCC2)c(C)n(C)c1C. The van der Waals surface area contributed by atoms with Crippen LogP contribution in [-0.4, -0.2) is 36.9 Å². The molecule has 0 bridgehead atoms. The fraction of sp³-hybridized carbons (Fsp3) is 0.421. The summed E-state index contributed by atoms with van der Waals surface area (Å²) in [5.74, 6) is -0.200. The van der Waals surface area contributed by atoms with Crippen molar-refractivity contribution in [2.24, 2.45) is 7.05 Å². The van der Waals surface area contributed by atoms with Crippen LogP contribution in [0.4, 0.5) is 5.69 Å². The average molecular weight is 375 g/mol. The molecular weight excluding hydrogens is 350 g/mol. The second-order valence-electron chi connectivity index (χ2n) is 6.85. The van der Waals surface area contributed by atoms with Crippen LogP contribution in [0, 0.1) is 20.8 Å². The third-order valence-corrected chi connectivity index (χ3v) is 6.71. The molecule has 26 heavy (non-hydrogen) atoms. The quantitative estimate of drug-likeness (QED) is 0.893. The van der Waals surface area contributed by atoms with Gasteiger partial charge in [-0.15, -0.1) is 0 Å². The van der Waals surface area contributed by atoms with Gasteiger partial charge < -0.3 is 9.47 Å². The van der Waals surface area contributed by atoms with Crippen molar-refractivity contribution >= 4 is 21.6 Å². The summed E-state index contributed by atoms with van der Waals surface area (Å²) >= 11 is 0. The maximum Gasteiger partial charge on any atom is 0.264 e. The molecule has 0 unspecified atom stereocenters. The summed E-state index contributed by atoms with van der Waals surface area (Å²) in [7, 11) is -2.10. The summed E-state index contributed by atoms with van der Waals surface area (Å²) in [6.07, 6.45) is 1.92. The van der Waals surface area contributed by atoms with Gasteiger partial charge in [-0.25, -0.2) is 8.42 Å². The molecule has 3 rings (SSSR count). The Morgan fingerprint density at radius 2 is 1.65 bits per heavy atom. The molecule has 140 valence electrons. The Balaban J connectivity index is 2.10. The number of nitrogens with one attached hydrogen (secondary N) is 1. The molecule has 6 nitrogen and oxygen atoms in total. The number of amides is 1. The number of para-hydroxylation sites is 1. The summed E-state index contributed by atoms with van der Waals surface area (Å²) in [5.41, 5.74) is 2.87. The molecule has 0 spiro atoms. The number of aromatic nitrogens is 1. The molecule has 1 aliphatic rings. The number of benzene rings is 1. The summed E-state index contributed by atoms with van der Waals surface area (Å²) in [6.45, 7) is 6.73. The van der Waals surface area contributed by atoms with Crippen LogP contribution in [0.15, 0.2) is 29.2 Å². The van der Waals surface area contributed by atoms with Crippen molar-refractivity contribution in [2.75, 3.05) is 17.8 Å². The van der Waals surface area contributed by atoms with E-state index in [9.17, 15) is 13.2 Å². The van der Waals surface area contributed by atoms with E-state index in [1.54, 1.807) is 42.5 Å². The maximum atomic E-state index is 13.2. The Kier molecular flexibility index (Phi) is 4.84. The molecule has 2 aromatic rings. The van der Waals surface area contributed by atoms with E-state index in [-0.39, 0.29) is 16.4 Å². The van der Waals surface area contributed by atoms with Gasteiger partial charge in [0.05, 0.1) is 11.3 Å². The van der Waals surface area contributed by atoms with Crippen LogP contribution in [0.5, 0.6) is 0 Å². The Morgan fingerprint density at radius 3 is 2.27 bits per heavy atom. The van der Waals surface area contributed by atoms with Crippen LogP contribution in [0.1, 0.15) is 40.2 Å². The van der Waals surface area contributed by atoms with Crippen molar-refractivity contribution in [3.63, 3.8) is 0 Å². The molecule has 1 aliphatic heterocycles. The Morgan fingerprint density at radius 1 is 1.04 bits per heavy atom. The molecule has 0 radical (unpaired) electrons. The van der Waals surface area contributed by atoms with E-state index in [0.29, 0.717) is 30.2 Å². The molecule has 1 aromatic carbocycles. The van der Waals surface area contributed by atoms with Crippen LogP contribution in [0.2, 0.25) is 0 Å². The lowest BCUT2D eigenvalue weighted by Gasteiger charge is -2.17. The van der Waals surface area contributed by atoms with Gasteiger partial charge in [0.2, 0.25) is 0 Å². The minimum absolute atomic E-state index is 0.0812. The van der Waals surface area contributed by atoms with Crippen molar-refractivity contribution in [1.29, 1.82) is 0 Å². The third-order valence-electron chi connectivity index (χ3n) is 5.19. The zero-order valence-corrected chi connectivity index (χ0v) is 16.5. The fourth-order valence-electron chi connectivity index (χ4n) is 3.46. The maximum absolute atomic E-state index is 13.2. The highest BCUT2D eigenvalue weighted by atomic mass is 32.2. The van der Waals surface area contributed by atoms with E-state index in [2.05, 4.69) is 4.72 Å². The zero-order chi connectivity index (χ0) is 19.1. The molecule has 1 amide bonds. The highest BCUT2D eigenvalue weighted by molar-refractivity contribution is 7.92. The lowest BCUT2D eigenvalue weighted by Crippen LogP contribution is -2.30. The van der Waals surface area contributed by atoms with E-state index < -0.39 is 10.0 Å². The van der Waals surface area contributed by atoms with E-state index in [0.717, 1.165) is 18.4 Å². The third kappa shape index (κ3) is 3.11. The van der Waals surface area contributed by atoms with E-state index in [4.69, 9.17) is 0 Å². The first-order chi connectivity index (χ1) is 12.2. The van der Waals surface area contributed by atoms with Crippen LogP contribution < -0.4 is 4.72 Å². The predicted molar refractivity (Wildman–Crippen MR) is 102 cm³/mol. The molecule has 1 saturated heterocycles. The van der Waals surface area contributed by atoms with E-state index in [1.165, 1.54) is 0 Å². The number of carbonyl (C=O) groups excluding carboxylic acids is 1. The van der Waals surface area contributed by atoms with Crippen molar-refractivity contribution in [1.82, 2.24) is 9.47 Å². The van der Waals surface area contributed by atoms with E-state index >= 15 is 0 Å². The molecular formula is C19H25N3O3S. The number of nitrogens with zero attached hydrogens (tertiary/aromatic N) is 2. The smallest absolute Gasteiger partial charge is 0.264 e. The summed E-state index contributed by atoms with van der Waals surface area (Å²) < 4.78 is 30.8. The van der Waals surface area contributed by atoms with Gasteiger partial charge in [-0.05, 0) is 45.2 Å². The number of hydrogen-bond donors (Lipinski definition) is 1. The van der Waals surface area contributed by atoms with Gasteiger partial charge >= 0.3 is 0 Å². The monoisotopic (exact) mass is 375 g/mol. The number of anilines is 1. The van der Waals surface area contributed by atoms with Gasteiger partial charge in [-0.1, -0.05) is 18.2 Å². The van der Waals surface area contributed by atoms with Gasteiger partial charge in [0.1, 0.15) is 4.90 Å². The Bertz CT molecular complexity index is 955. The Hall–Kier alpha value is -2.28. The number of carbonyl (C=O) groups is 1. The number of aryl methyl sites for hydroxylation is 1. The average Bonchev–Trinajstić information content (AvgIpc) is 3.20. The van der Waals surface area contributed by atoms with Gasteiger partial charge in [-0.2, -0.15) is 0 Å². The zero-order valence-electron chi connectivity index (χ0n) is 15.7. The largest absolute Gasteiger partial charge is 0.350 e. The van der Waals surface area contributed by atoms with Crippen LogP contribution in [0.3, 0.4) is 0 Å². The molecule has 0 aliphatic carbocycles. The first kappa shape index (κ1) is 18.5. The highest BCUT2D eigenvalue weighted by Gasteiger charge is 2.33. The molecule has 1 aromatic heterocycles. The lowest BCUT2D eigenvalue weighted by molar-refractivity contribution is 0.0788. The number of hydrogen-bond acceptors (Lipinski definition) is 3. The van der Waals surface area contributed by atoms with Gasteiger partial charge in [-0.3, -0.25) is 9.52 Å². The topological polar surface area (TPSA) is 71.4 Å². The first-order valence-electron chi connectivity index (χ1n) is 8.77. The predicted octanol–water partition coefficient (Wildman–Crippen LogP) is 2.99. The van der Waals surface area contributed by atoms with E-state index in [1.807, 2.05) is 19.1 Å². The molecule has 1 fully saturated rings. The summed E-state index contributed by atoms with van der Waals surface area (Å²) in [4.78, 5) is 14.9. The molecule has 2 heterocycles. The standard InChI is InChI=1S/C19H25N3O3S/c1-13-9-5-6-10-16(13)20-26(24,25)18-15(3)21(4)14(2)17(18)19(23)22-11-7-8-12-22/h5-6,9-10,20H,7-8,11-12H2,1-4H3. The fourth-order valence-corrected chi connectivity index (χ4v) is 5.11. The normalized spacial score (nSPS) is 14.7. The van der Waals surface area contributed by atoms with Gasteiger partial charge in [0.15, 0.2) is 0 Å². The minimum atomic E-state index is -3.89. The number of rotatable bonds is 4. The number of likely N-dealkylation sites (tertiary alicyclic amines) is 1. The Labute approximate surface area is 154 Å². The number of sulfonamides is 1. The molecule has 7 heteroatoms. The van der Waals surface area contributed by atoms with Crippen molar-refractivity contribution in [2.45, 2.75) is 38.5 Å². The van der Waals surface area contributed by atoms with Crippen molar-refractivity contribution in [3.05, 3.63) is 46.8 Å². The highest BCUT2D eigenvalue weighted by Crippen LogP contribution is 2.30. The second-order valence-corrected chi connectivity index (χ2v) is 8.47. The second kappa shape index (κ2) is 6.79. The van der Waals surface area contributed by atoms with Crippen LogP contribution >= 0.6 is 0 Å². The van der Waals surface area contributed by atoms with Gasteiger partial charge in [0, 0.05) is 31.5 Å². The first-order valence-corrected chi connectivity index (χ1v) is 10.3. The summed E-state index contributed by atoms with van der Waals surface area (Å²) in [5, 5.41) is 0. The minimum Gasteiger partial charge on any atom is -0.350 e. The molecule has 1 N–H and O–H groups in total. The molecule has 0 atom stereocenters.